The first-order valence-electron chi connectivity index (χ1n) is 9.28. The summed E-state index contributed by atoms with van der Waals surface area (Å²) in [6, 6.07) is 16.7. The molecule has 2 aliphatic rings. The minimum atomic E-state index is -1.74. The Kier molecular flexibility index (Phi) is 7.14. The van der Waals surface area contributed by atoms with Crippen molar-refractivity contribution in [1.29, 1.82) is 0 Å². The zero-order valence-electron chi connectivity index (χ0n) is 16.9. The highest BCUT2D eigenvalue weighted by molar-refractivity contribution is 6.90. The first-order valence-corrected chi connectivity index (χ1v) is 15.2. The maximum Gasteiger partial charge on any atom is 0.226 e. The molecule has 0 aliphatic heterocycles. The monoisotopic (exact) mass is 390 g/mol. The molecule has 140 valence electrons. The summed E-state index contributed by atoms with van der Waals surface area (Å²) >= 11 is 0. The van der Waals surface area contributed by atoms with Gasteiger partial charge in [0, 0.05) is 0 Å². The van der Waals surface area contributed by atoms with Crippen LogP contribution < -0.4 is 0 Å². The van der Waals surface area contributed by atoms with E-state index in [9.17, 15) is 0 Å². The molecule has 0 saturated carbocycles. The van der Waals surface area contributed by atoms with Crippen LogP contribution in [0.3, 0.4) is 0 Å². The molecule has 2 aliphatic carbocycles. The van der Waals surface area contributed by atoms with Crippen LogP contribution in [0, 0.1) is 0 Å². The van der Waals surface area contributed by atoms with Crippen molar-refractivity contribution >= 4 is 40.9 Å². The van der Waals surface area contributed by atoms with E-state index in [2.05, 4.69) is 112 Å². The number of benzene rings is 2. The van der Waals surface area contributed by atoms with Gasteiger partial charge in [-0.25, -0.2) is 0 Å². The van der Waals surface area contributed by atoms with Crippen LogP contribution in [0.2, 0.25) is 26.2 Å². The minimum Gasteiger partial charge on any atom is -0.450 e. The van der Waals surface area contributed by atoms with Crippen LogP contribution >= 0.6 is 0 Å². The highest BCUT2D eigenvalue weighted by Crippen LogP contribution is 2.22. The molecule has 1 nitrogen and oxygen atoms in total. The van der Waals surface area contributed by atoms with Crippen LogP contribution in [0.1, 0.15) is 22.3 Å². The number of hydrogen-bond acceptors (Lipinski definition) is 1. The molecule has 0 spiro atoms. The molecular weight excluding hydrogens is 360 g/mol. The Bertz CT molecular complexity index is 745. The van der Waals surface area contributed by atoms with Gasteiger partial charge in [-0.3, -0.25) is 0 Å². The third kappa shape index (κ3) is 6.47. The summed E-state index contributed by atoms with van der Waals surface area (Å²) in [5.74, 6) is 0. The molecule has 0 unspecified atom stereocenters. The van der Waals surface area contributed by atoms with Gasteiger partial charge in [-0.1, -0.05) is 84.2 Å². The lowest BCUT2D eigenvalue weighted by atomic mass is 9.99. The summed E-state index contributed by atoms with van der Waals surface area (Å²) in [6.07, 6.45) is 8.48. The van der Waals surface area contributed by atoms with Crippen LogP contribution in [-0.2, 0) is 4.12 Å². The smallest absolute Gasteiger partial charge is 0.226 e. The molecule has 2 aromatic rings. The van der Waals surface area contributed by atoms with Gasteiger partial charge in [-0.15, -0.1) is 13.2 Å². The van der Waals surface area contributed by atoms with E-state index in [0.717, 1.165) is 0 Å². The van der Waals surface area contributed by atoms with E-state index in [1.165, 1.54) is 22.3 Å². The van der Waals surface area contributed by atoms with Gasteiger partial charge >= 0.3 is 0 Å². The Morgan fingerprint density at radius 3 is 1.04 bits per heavy atom. The summed E-state index contributed by atoms with van der Waals surface area (Å²) in [5, 5.41) is 0. The van der Waals surface area contributed by atoms with Gasteiger partial charge in [0.15, 0.2) is 8.32 Å². The van der Waals surface area contributed by atoms with Gasteiger partial charge in [0.1, 0.15) is 0 Å². The second-order valence-corrected chi connectivity index (χ2v) is 16.0. The maximum absolute atomic E-state index is 5.97. The molecule has 2 aromatic carbocycles. The van der Waals surface area contributed by atoms with E-state index >= 15 is 0 Å². The van der Waals surface area contributed by atoms with Crippen molar-refractivity contribution in [3.63, 3.8) is 0 Å². The second kappa shape index (κ2) is 9.13. The van der Waals surface area contributed by atoms with Gasteiger partial charge in [-0.05, 0) is 48.4 Å². The molecule has 0 fully saturated rings. The van der Waals surface area contributed by atoms with E-state index in [-0.39, 0.29) is 0 Å². The first kappa shape index (κ1) is 21.1. The summed E-state index contributed by atoms with van der Waals surface area (Å²) in [6.45, 7) is 16.2. The van der Waals surface area contributed by atoms with E-state index in [1.54, 1.807) is 0 Å². The molecule has 0 saturated heterocycles. The molecule has 3 heteroatoms. The molecule has 27 heavy (non-hydrogen) atoms. The van der Waals surface area contributed by atoms with Crippen LogP contribution in [0.5, 0.6) is 0 Å². The quantitative estimate of drug-likeness (QED) is 0.335. The molecule has 0 amide bonds. The lowest BCUT2D eigenvalue weighted by Crippen LogP contribution is -2.41. The van der Waals surface area contributed by atoms with Gasteiger partial charge < -0.3 is 4.12 Å². The third-order valence-corrected chi connectivity index (χ3v) is 10.0. The van der Waals surface area contributed by atoms with Crippen LogP contribution in [0.4, 0.5) is 0 Å². The molecule has 0 radical (unpaired) electrons. The van der Waals surface area contributed by atoms with Crippen molar-refractivity contribution in [2.24, 2.45) is 0 Å². The number of fused-ring (bicyclic) bond motifs is 2. The number of rotatable bonds is 4. The molecule has 0 heterocycles. The zero-order chi connectivity index (χ0) is 19.9. The molecule has 0 bridgehead atoms. The van der Waals surface area contributed by atoms with Crippen LogP contribution in [0.25, 0.3) is 24.3 Å². The molecule has 4 rings (SSSR count). The summed E-state index contributed by atoms with van der Waals surface area (Å²) < 4.78 is 5.97. The maximum atomic E-state index is 5.97. The fraction of sp³-hybridized carbons (Fsp3) is 0.167. The largest absolute Gasteiger partial charge is 0.450 e. The Labute approximate surface area is 166 Å². The Balaban J connectivity index is 0.000000147. The van der Waals surface area contributed by atoms with Gasteiger partial charge in [0.2, 0.25) is 8.32 Å². The standard InChI is InChI=1S/C8H18OSi2.2C8H6/c1-7-11(6,8-2)9-10(3,4)5;2*1-2-4-8-6-5-7(8)3-1/h7-8H,1-2H2,3-6H3;2*1-6H. The van der Waals surface area contributed by atoms with Crippen molar-refractivity contribution in [3.05, 3.63) is 95.3 Å². The Morgan fingerprint density at radius 1 is 0.630 bits per heavy atom. The highest BCUT2D eigenvalue weighted by Gasteiger charge is 2.28. The average molecular weight is 391 g/mol. The molecule has 0 aromatic heterocycles. The van der Waals surface area contributed by atoms with E-state index < -0.39 is 16.6 Å². The topological polar surface area (TPSA) is 9.23 Å². The van der Waals surface area contributed by atoms with E-state index in [1.807, 2.05) is 11.4 Å². The predicted octanol–water partition coefficient (Wildman–Crippen LogP) is 7.20. The Hall–Kier alpha value is -2.21. The normalized spacial score (nSPS) is 12.6. The van der Waals surface area contributed by atoms with Crippen LogP contribution in [-0.4, -0.2) is 16.6 Å². The number of hydrogen-bond donors (Lipinski definition) is 0. The second-order valence-electron chi connectivity index (χ2n) is 7.73. The summed E-state index contributed by atoms with van der Waals surface area (Å²) in [4.78, 5) is 0. The SMILES string of the molecule is C1=Cc2ccccc21.C1=Cc2ccccc21.C=C[Si](C)(C=C)O[Si](C)(C)C. The van der Waals surface area contributed by atoms with Crippen molar-refractivity contribution in [2.75, 3.05) is 0 Å². The average Bonchev–Trinajstić information content (AvgIpc) is 2.57. The third-order valence-electron chi connectivity index (χ3n) is 4.21. The van der Waals surface area contributed by atoms with Crippen LogP contribution in [0.15, 0.2) is 73.1 Å². The lowest BCUT2D eigenvalue weighted by molar-refractivity contribution is 0.571. The zero-order valence-corrected chi connectivity index (χ0v) is 18.9. The van der Waals surface area contributed by atoms with Gasteiger partial charge in [0.25, 0.3) is 0 Å². The lowest BCUT2D eigenvalue weighted by Gasteiger charge is -2.29. The van der Waals surface area contributed by atoms with E-state index in [0.29, 0.717) is 0 Å². The Morgan fingerprint density at radius 2 is 0.926 bits per heavy atom. The summed E-state index contributed by atoms with van der Waals surface area (Å²) in [7, 11) is -3.16. The van der Waals surface area contributed by atoms with Crippen molar-refractivity contribution in [2.45, 2.75) is 26.2 Å². The van der Waals surface area contributed by atoms with Crippen molar-refractivity contribution in [3.8, 4) is 0 Å². The fourth-order valence-corrected chi connectivity index (χ4v) is 8.73. The van der Waals surface area contributed by atoms with Gasteiger partial charge in [-0.2, -0.15) is 0 Å². The predicted molar refractivity (Wildman–Crippen MR) is 127 cm³/mol. The minimum absolute atomic E-state index is 1.37. The highest BCUT2D eigenvalue weighted by atomic mass is 28.4. The van der Waals surface area contributed by atoms with Gasteiger partial charge in [0.05, 0.1) is 0 Å². The molecule has 0 atom stereocenters. The van der Waals surface area contributed by atoms with Crippen molar-refractivity contribution < 1.29 is 4.12 Å². The molecular formula is C24H30OSi2. The fourth-order valence-electron chi connectivity index (χ4n) is 2.62. The van der Waals surface area contributed by atoms with Crippen molar-refractivity contribution in [1.82, 2.24) is 0 Å². The first-order chi connectivity index (χ1) is 12.8. The molecule has 0 N–H and O–H groups in total. The van der Waals surface area contributed by atoms with E-state index in [4.69, 9.17) is 4.12 Å². The summed E-state index contributed by atoms with van der Waals surface area (Å²) in [5.41, 5.74) is 9.33.